The number of amides is 2. The molecule has 0 unspecified atom stereocenters. The molecule has 4 rings (SSSR count). The van der Waals surface area contributed by atoms with E-state index in [1.807, 2.05) is 36.1 Å². The maximum atomic E-state index is 12.6. The molecule has 2 amide bonds. The van der Waals surface area contributed by atoms with Crippen molar-refractivity contribution in [2.24, 2.45) is 0 Å². The van der Waals surface area contributed by atoms with Crippen molar-refractivity contribution in [2.75, 3.05) is 18.4 Å². The van der Waals surface area contributed by atoms with Crippen molar-refractivity contribution in [2.45, 2.75) is 25.7 Å². The van der Waals surface area contributed by atoms with E-state index in [-0.39, 0.29) is 6.03 Å². The van der Waals surface area contributed by atoms with Gasteiger partial charge in [-0.1, -0.05) is 0 Å². The molecule has 1 aliphatic heterocycles. The van der Waals surface area contributed by atoms with Crippen molar-refractivity contribution in [1.29, 1.82) is 0 Å². The molecule has 0 bridgehead atoms. The Bertz CT molecular complexity index is 857. The fourth-order valence-corrected chi connectivity index (χ4v) is 4.04. The predicted octanol–water partition coefficient (Wildman–Crippen LogP) is 3.74. The quantitative estimate of drug-likeness (QED) is 0.746. The molecule has 7 heteroatoms. The maximum Gasteiger partial charge on any atom is 0.321 e. The van der Waals surface area contributed by atoms with Gasteiger partial charge in [-0.3, -0.25) is 5.10 Å². The third-order valence-corrected chi connectivity index (χ3v) is 5.37. The Labute approximate surface area is 143 Å². The summed E-state index contributed by atoms with van der Waals surface area (Å²) in [7, 11) is 0. The molecule has 0 radical (unpaired) electrons. The first kappa shape index (κ1) is 15.1. The summed E-state index contributed by atoms with van der Waals surface area (Å²) < 4.78 is 1.14. The lowest BCUT2D eigenvalue weighted by atomic mass is 9.95. The first-order valence-electron chi connectivity index (χ1n) is 8.11. The zero-order chi connectivity index (χ0) is 16.5. The van der Waals surface area contributed by atoms with E-state index in [2.05, 4.69) is 20.5 Å². The Kier molecular flexibility index (Phi) is 3.93. The molecule has 1 aromatic carbocycles. The van der Waals surface area contributed by atoms with Gasteiger partial charge in [0.1, 0.15) is 0 Å². The monoisotopic (exact) mass is 341 g/mol. The Morgan fingerprint density at radius 1 is 1.42 bits per heavy atom. The van der Waals surface area contributed by atoms with Crippen molar-refractivity contribution in [3.63, 3.8) is 0 Å². The lowest BCUT2D eigenvalue weighted by Crippen LogP contribution is -2.41. The van der Waals surface area contributed by atoms with Gasteiger partial charge < -0.3 is 10.2 Å². The second kappa shape index (κ2) is 6.24. The van der Waals surface area contributed by atoms with Crippen LogP contribution in [0, 0.1) is 6.92 Å². The number of H-pyrrole nitrogens is 1. The number of aromatic amines is 1. The largest absolute Gasteiger partial charge is 0.324 e. The fourth-order valence-electron chi connectivity index (χ4n) is 3.23. The Hall–Kier alpha value is -2.41. The number of piperidine rings is 1. The van der Waals surface area contributed by atoms with Gasteiger partial charge >= 0.3 is 6.03 Å². The molecule has 0 aliphatic carbocycles. The Morgan fingerprint density at radius 2 is 2.33 bits per heavy atom. The highest BCUT2D eigenvalue weighted by molar-refractivity contribution is 7.18. The molecule has 6 nitrogen and oxygen atoms in total. The van der Waals surface area contributed by atoms with Crippen LogP contribution in [0.25, 0.3) is 10.2 Å². The number of thiazole rings is 1. The van der Waals surface area contributed by atoms with Crippen LogP contribution in [-0.4, -0.2) is 39.2 Å². The van der Waals surface area contributed by atoms with Crippen molar-refractivity contribution in [3.8, 4) is 0 Å². The van der Waals surface area contributed by atoms with Crippen LogP contribution in [0.3, 0.4) is 0 Å². The molecule has 1 aliphatic rings. The minimum atomic E-state index is -0.0504. The van der Waals surface area contributed by atoms with Crippen LogP contribution >= 0.6 is 11.3 Å². The topological polar surface area (TPSA) is 73.9 Å². The number of carbonyl (C=O) groups is 1. The number of nitrogens with zero attached hydrogens (tertiary/aromatic N) is 3. The van der Waals surface area contributed by atoms with Gasteiger partial charge in [0.15, 0.2) is 0 Å². The summed E-state index contributed by atoms with van der Waals surface area (Å²) in [6, 6.07) is 7.83. The van der Waals surface area contributed by atoms with Crippen LogP contribution < -0.4 is 5.32 Å². The summed E-state index contributed by atoms with van der Waals surface area (Å²) in [5.41, 5.74) is 2.83. The van der Waals surface area contributed by atoms with E-state index in [4.69, 9.17) is 0 Å². The van der Waals surface area contributed by atoms with Crippen LogP contribution in [0.5, 0.6) is 0 Å². The molecule has 1 atom stereocenters. The van der Waals surface area contributed by atoms with Crippen molar-refractivity contribution in [1.82, 2.24) is 20.1 Å². The molecule has 2 N–H and O–H groups in total. The van der Waals surface area contributed by atoms with E-state index < -0.39 is 0 Å². The highest BCUT2D eigenvalue weighted by Gasteiger charge is 2.25. The number of fused-ring (bicyclic) bond motifs is 1. The van der Waals surface area contributed by atoms with Crippen LogP contribution in [0.4, 0.5) is 10.5 Å². The van der Waals surface area contributed by atoms with Gasteiger partial charge in [0.2, 0.25) is 0 Å². The molecule has 124 valence electrons. The summed E-state index contributed by atoms with van der Waals surface area (Å²) in [5.74, 6) is 0.329. The van der Waals surface area contributed by atoms with E-state index in [1.165, 1.54) is 0 Å². The van der Waals surface area contributed by atoms with E-state index >= 15 is 0 Å². The molecule has 0 spiro atoms. The van der Waals surface area contributed by atoms with Gasteiger partial charge in [0.25, 0.3) is 0 Å². The van der Waals surface area contributed by atoms with Gasteiger partial charge in [-0.15, -0.1) is 11.3 Å². The molecule has 2 aromatic heterocycles. The smallest absolute Gasteiger partial charge is 0.321 e. The van der Waals surface area contributed by atoms with Crippen LogP contribution in [0.2, 0.25) is 0 Å². The molecule has 3 aromatic rings. The molecular formula is C17H19N5OS. The van der Waals surface area contributed by atoms with Crippen LogP contribution in [0.15, 0.2) is 30.5 Å². The van der Waals surface area contributed by atoms with Crippen molar-refractivity contribution in [3.05, 3.63) is 41.2 Å². The number of aromatic nitrogens is 3. The van der Waals surface area contributed by atoms with Crippen molar-refractivity contribution >= 4 is 33.3 Å². The van der Waals surface area contributed by atoms with E-state index in [0.717, 1.165) is 46.0 Å². The van der Waals surface area contributed by atoms with Gasteiger partial charge in [-0.2, -0.15) is 5.10 Å². The molecule has 1 saturated heterocycles. The average molecular weight is 341 g/mol. The second-order valence-electron chi connectivity index (χ2n) is 6.14. The number of aryl methyl sites for hydroxylation is 1. The number of benzene rings is 1. The fraction of sp³-hybridized carbons (Fsp3) is 0.353. The normalized spacial score (nSPS) is 18.0. The van der Waals surface area contributed by atoms with Crippen LogP contribution in [-0.2, 0) is 0 Å². The minimum absolute atomic E-state index is 0.0504. The minimum Gasteiger partial charge on any atom is -0.324 e. The highest BCUT2D eigenvalue weighted by Crippen LogP contribution is 2.27. The summed E-state index contributed by atoms with van der Waals surface area (Å²) >= 11 is 1.66. The zero-order valence-corrected chi connectivity index (χ0v) is 14.3. The van der Waals surface area contributed by atoms with E-state index in [9.17, 15) is 4.79 Å². The third-order valence-electron chi connectivity index (χ3n) is 4.42. The lowest BCUT2D eigenvalue weighted by Gasteiger charge is -2.32. The standard InChI is InChI=1S/C17H19N5OS/c1-11-19-15-9-13(4-5-16(15)24-11)20-17(23)22-8-2-3-12(10-22)14-6-7-18-21-14/h4-7,9,12H,2-3,8,10H2,1H3,(H,18,21)(H,20,23)/t12-/m0/s1. The number of hydrogen-bond donors (Lipinski definition) is 2. The number of hydrogen-bond acceptors (Lipinski definition) is 4. The highest BCUT2D eigenvalue weighted by atomic mass is 32.1. The molecule has 0 saturated carbocycles. The SMILES string of the molecule is Cc1nc2cc(NC(=O)N3CCC[C@H](c4ccn[nH]4)C3)ccc2s1. The maximum absolute atomic E-state index is 12.6. The Balaban J connectivity index is 1.46. The third kappa shape index (κ3) is 2.99. The van der Waals surface area contributed by atoms with Gasteiger partial charge in [0, 0.05) is 36.6 Å². The van der Waals surface area contributed by atoms with Crippen LogP contribution in [0.1, 0.15) is 29.5 Å². The number of urea groups is 1. The first-order chi connectivity index (χ1) is 11.7. The van der Waals surface area contributed by atoms with E-state index in [0.29, 0.717) is 12.5 Å². The summed E-state index contributed by atoms with van der Waals surface area (Å²) in [5, 5.41) is 11.1. The van der Waals surface area contributed by atoms with Gasteiger partial charge in [-0.25, -0.2) is 9.78 Å². The zero-order valence-electron chi connectivity index (χ0n) is 13.5. The lowest BCUT2D eigenvalue weighted by molar-refractivity contribution is 0.192. The molecular weight excluding hydrogens is 322 g/mol. The van der Waals surface area contributed by atoms with Gasteiger partial charge in [0.05, 0.1) is 15.2 Å². The number of nitrogens with one attached hydrogen (secondary N) is 2. The number of carbonyl (C=O) groups excluding carboxylic acids is 1. The molecule has 1 fully saturated rings. The van der Waals surface area contributed by atoms with Gasteiger partial charge in [-0.05, 0) is 44.0 Å². The molecule has 24 heavy (non-hydrogen) atoms. The number of anilines is 1. The average Bonchev–Trinajstić information content (AvgIpc) is 3.23. The van der Waals surface area contributed by atoms with E-state index in [1.54, 1.807) is 17.5 Å². The first-order valence-corrected chi connectivity index (χ1v) is 8.93. The second-order valence-corrected chi connectivity index (χ2v) is 7.38. The predicted molar refractivity (Wildman–Crippen MR) is 95.5 cm³/mol. The summed E-state index contributed by atoms with van der Waals surface area (Å²) in [6.07, 6.45) is 3.84. The molecule has 3 heterocycles. The summed E-state index contributed by atoms with van der Waals surface area (Å²) in [6.45, 7) is 3.49. The Morgan fingerprint density at radius 3 is 3.17 bits per heavy atom. The summed E-state index contributed by atoms with van der Waals surface area (Å²) in [4.78, 5) is 19.0. The van der Waals surface area contributed by atoms with Crippen molar-refractivity contribution < 1.29 is 4.79 Å². The number of likely N-dealkylation sites (tertiary alicyclic amines) is 1. The number of rotatable bonds is 2.